The van der Waals surface area contributed by atoms with E-state index in [0.29, 0.717) is 24.6 Å². The summed E-state index contributed by atoms with van der Waals surface area (Å²) in [6.45, 7) is 5.73. The fourth-order valence-corrected chi connectivity index (χ4v) is 2.54. The Morgan fingerprint density at radius 3 is 2.95 bits per heavy atom. The van der Waals surface area contributed by atoms with Crippen LogP contribution in [-0.4, -0.2) is 15.0 Å². The summed E-state index contributed by atoms with van der Waals surface area (Å²) in [5, 5.41) is 9.19. The average molecular weight is 279 g/mol. The molecule has 0 aliphatic carbocycles. The van der Waals surface area contributed by atoms with Crippen molar-refractivity contribution in [3.05, 3.63) is 47.2 Å². The lowest BCUT2D eigenvalue weighted by Gasteiger charge is -2.16. The van der Waals surface area contributed by atoms with Gasteiger partial charge in [0.1, 0.15) is 17.7 Å². The average Bonchev–Trinajstić information content (AvgIpc) is 2.89. The van der Waals surface area contributed by atoms with Gasteiger partial charge in [-0.2, -0.15) is 5.26 Å². The van der Waals surface area contributed by atoms with Crippen LogP contribution in [0.4, 0.5) is 5.82 Å². The molecular weight excluding hydrogens is 262 g/mol. The number of rotatable bonds is 3. The molecule has 0 aromatic carbocycles. The summed E-state index contributed by atoms with van der Waals surface area (Å²) in [4.78, 5) is 15.5. The van der Waals surface area contributed by atoms with E-state index in [4.69, 9.17) is 0 Å². The van der Waals surface area contributed by atoms with E-state index in [1.54, 1.807) is 18.3 Å². The van der Waals surface area contributed by atoms with Crippen molar-refractivity contribution in [3.8, 4) is 6.07 Å². The number of pyridine rings is 1. The van der Waals surface area contributed by atoms with Gasteiger partial charge < -0.3 is 4.90 Å². The first-order chi connectivity index (χ1) is 10.2. The van der Waals surface area contributed by atoms with Crippen molar-refractivity contribution < 1.29 is 0 Å². The third-order valence-electron chi connectivity index (χ3n) is 3.50. The molecule has 2 aromatic rings. The Bertz CT molecular complexity index is 702. The number of fused-ring (bicyclic) bond motifs is 1. The van der Waals surface area contributed by atoms with E-state index in [-0.39, 0.29) is 0 Å². The molecule has 0 unspecified atom stereocenters. The van der Waals surface area contributed by atoms with Crippen molar-refractivity contribution >= 4 is 5.82 Å². The SMILES string of the molecule is CC(C)Cc1ncc2c(n1)CN(c1ncccc1C#N)C2. The summed E-state index contributed by atoms with van der Waals surface area (Å²) < 4.78 is 0. The summed E-state index contributed by atoms with van der Waals surface area (Å²) in [7, 11) is 0. The van der Waals surface area contributed by atoms with E-state index in [0.717, 1.165) is 29.3 Å². The number of anilines is 1. The van der Waals surface area contributed by atoms with E-state index in [2.05, 4.69) is 39.8 Å². The van der Waals surface area contributed by atoms with E-state index in [1.165, 1.54) is 0 Å². The Kier molecular flexibility index (Phi) is 3.53. The highest BCUT2D eigenvalue weighted by Crippen LogP contribution is 2.27. The van der Waals surface area contributed by atoms with Gasteiger partial charge in [-0.05, 0) is 18.1 Å². The van der Waals surface area contributed by atoms with Crippen molar-refractivity contribution in [3.63, 3.8) is 0 Å². The Balaban J connectivity index is 1.86. The first-order valence-corrected chi connectivity index (χ1v) is 7.11. The molecule has 5 nitrogen and oxygen atoms in total. The maximum atomic E-state index is 9.19. The lowest BCUT2D eigenvalue weighted by Crippen LogP contribution is -2.17. The van der Waals surface area contributed by atoms with Crippen molar-refractivity contribution in [1.82, 2.24) is 15.0 Å². The molecule has 0 fully saturated rings. The van der Waals surface area contributed by atoms with Gasteiger partial charge in [0.2, 0.25) is 0 Å². The molecule has 0 atom stereocenters. The van der Waals surface area contributed by atoms with Gasteiger partial charge in [-0.15, -0.1) is 0 Å². The van der Waals surface area contributed by atoms with Gasteiger partial charge in [-0.1, -0.05) is 13.8 Å². The van der Waals surface area contributed by atoms with Gasteiger partial charge in [0.15, 0.2) is 0 Å². The third-order valence-corrected chi connectivity index (χ3v) is 3.50. The minimum atomic E-state index is 0.543. The number of nitriles is 1. The Morgan fingerprint density at radius 1 is 1.33 bits per heavy atom. The van der Waals surface area contributed by atoms with Crippen LogP contribution in [0.5, 0.6) is 0 Å². The van der Waals surface area contributed by atoms with Crippen LogP contribution in [0.3, 0.4) is 0 Å². The molecule has 1 aliphatic heterocycles. The van der Waals surface area contributed by atoms with Crippen molar-refractivity contribution in [1.29, 1.82) is 5.26 Å². The molecule has 5 heteroatoms. The molecule has 106 valence electrons. The van der Waals surface area contributed by atoms with Crippen LogP contribution in [0.2, 0.25) is 0 Å². The third kappa shape index (κ3) is 2.70. The smallest absolute Gasteiger partial charge is 0.147 e. The molecule has 2 aromatic heterocycles. The minimum absolute atomic E-state index is 0.543. The van der Waals surface area contributed by atoms with Crippen LogP contribution in [0, 0.1) is 17.2 Å². The van der Waals surface area contributed by atoms with Crippen molar-refractivity contribution in [2.24, 2.45) is 5.92 Å². The van der Waals surface area contributed by atoms with E-state index in [1.807, 2.05) is 6.20 Å². The zero-order valence-electron chi connectivity index (χ0n) is 12.2. The molecule has 21 heavy (non-hydrogen) atoms. The number of hydrogen-bond donors (Lipinski definition) is 0. The van der Waals surface area contributed by atoms with Gasteiger partial charge in [-0.25, -0.2) is 15.0 Å². The Morgan fingerprint density at radius 2 is 2.19 bits per heavy atom. The molecule has 1 aliphatic rings. The maximum Gasteiger partial charge on any atom is 0.147 e. The maximum absolute atomic E-state index is 9.19. The fourth-order valence-electron chi connectivity index (χ4n) is 2.54. The standard InChI is InChI=1S/C16H17N5/c1-11(2)6-15-19-8-13-9-21(10-14(13)20-15)16-12(7-17)4-3-5-18-16/h3-5,8,11H,6,9-10H2,1-2H3. The first-order valence-electron chi connectivity index (χ1n) is 7.11. The highest BCUT2D eigenvalue weighted by atomic mass is 15.2. The Hall–Kier alpha value is -2.48. The molecule has 0 saturated heterocycles. The van der Waals surface area contributed by atoms with Crippen LogP contribution in [0.25, 0.3) is 0 Å². The van der Waals surface area contributed by atoms with Gasteiger partial charge >= 0.3 is 0 Å². The lowest BCUT2D eigenvalue weighted by atomic mass is 10.1. The fraction of sp³-hybridized carbons (Fsp3) is 0.375. The minimum Gasteiger partial charge on any atom is -0.345 e. The zero-order valence-corrected chi connectivity index (χ0v) is 12.2. The van der Waals surface area contributed by atoms with Gasteiger partial charge in [0, 0.05) is 30.9 Å². The monoisotopic (exact) mass is 279 g/mol. The van der Waals surface area contributed by atoms with Gasteiger partial charge in [-0.3, -0.25) is 0 Å². The number of aromatic nitrogens is 3. The van der Waals surface area contributed by atoms with Crippen LogP contribution in [-0.2, 0) is 19.5 Å². The van der Waals surface area contributed by atoms with Crippen LogP contribution >= 0.6 is 0 Å². The normalized spacial score (nSPS) is 13.3. The van der Waals surface area contributed by atoms with Gasteiger partial charge in [0.05, 0.1) is 17.8 Å². The van der Waals surface area contributed by atoms with Gasteiger partial charge in [0.25, 0.3) is 0 Å². The molecule has 3 heterocycles. The predicted molar refractivity (Wildman–Crippen MR) is 79.4 cm³/mol. The second-order valence-corrected chi connectivity index (χ2v) is 5.70. The van der Waals surface area contributed by atoms with E-state index >= 15 is 0 Å². The molecule has 0 N–H and O–H groups in total. The number of hydrogen-bond acceptors (Lipinski definition) is 5. The second-order valence-electron chi connectivity index (χ2n) is 5.70. The predicted octanol–water partition coefficient (Wildman–Crippen LogP) is 2.46. The molecular formula is C16H17N5. The van der Waals surface area contributed by atoms with Crippen LogP contribution in [0.1, 0.15) is 36.5 Å². The molecule has 0 amide bonds. The molecule has 0 saturated carbocycles. The highest BCUT2D eigenvalue weighted by molar-refractivity contribution is 5.55. The summed E-state index contributed by atoms with van der Waals surface area (Å²) >= 11 is 0. The summed E-state index contributed by atoms with van der Waals surface area (Å²) in [5.74, 6) is 2.16. The first kappa shape index (κ1) is 13.5. The molecule has 0 radical (unpaired) electrons. The zero-order chi connectivity index (χ0) is 14.8. The van der Waals surface area contributed by atoms with Crippen LogP contribution < -0.4 is 4.90 Å². The summed E-state index contributed by atoms with van der Waals surface area (Å²) in [6.07, 6.45) is 4.52. The summed E-state index contributed by atoms with van der Waals surface area (Å²) in [5.41, 5.74) is 2.77. The number of nitrogens with zero attached hydrogens (tertiary/aromatic N) is 5. The largest absolute Gasteiger partial charge is 0.345 e. The second kappa shape index (κ2) is 5.49. The molecule has 0 bridgehead atoms. The molecule has 3 rings (SSSR count). The Labute approximate surface area is 124 Å². The van der Waals surface area contributed by atoms with Crippen LogP contribution in [0.15, 0.2) is 24.5 Å². The summed E-state index contributed by atoms with van der Waals surface area (Å²) in [6, 6.07) is 5.77. The molecule has 0 spiro atoms. The highest BCUT2D eigenvalue weighted by Gasteiger charge is 2.24. The van der Waals surface area contributed by atoms with Crippen molar-refractivity contribution in [2.75, 3.05) is 4.90 Å². The topological polar surface area (TPSA) is 65.7 Å². The lowest BCUT2D eigenvalue weighted by molar-refractivity contribution is 0.617. The van der Waals surface area contributed by atoms with E-state index < -0.39 is 0 Å². The van der Waals surface area contributed by atoms with E-state index in [9.17, 15) is 5.26 Å². The quantitative estimate of drug-likeness (QED) is 0.863. The van der Waals surface area contributed by atoms with Crippen molar-refractivity contribution in [2.45, 2.75) is 33.4 Å².